The van der Waals surface area contributed by atoms with Crippen LogP contribution < -0.4 is 10.1 Å². The van der Waals surface area contributed by atoms with Crippen molar-refractivity contribution in [3.8, 4) is 17.0 Å². The van der Waals surface area contributed by atoms with Crippen molar-refractivity contribution in [2.24, 2.45) is 0 Å². The summed E-state index contributed by atoms with van der Waals surface area (Å²) in [6.45, 7) is 6.17. The third-order valence-electron chi connectivity index (χ3n) is 7.06. The van der Waals surface area contributed by atoms with Crippen LogP contribution in [-0.2, 0) is 13.1 Å². The Bertz CT molecular complexity index is 1420. The van der Waals surface area contributed by atoms with Gasteiger partial charge in [-0.25, -0.2) is 0 Å². The monoisotopic (exact) mass is 588 g/mol. The van der Waals surface area contributed by atoms with Crippen LogP contribution in [0.3, 0.4) is 0 Å². The summed E-state index contributed by atoms with van der Waals surface area (Å²) in [5.41, 5.74) is 5.06. The minimum absolute atomic E-state index is 0.112. The molecule has 4 aromatic rings. The van der Waals surface area contributed by atoms with Crippen LogP contribution in [0.25, 0.3) is 11.3 Å². The molecule has 1 aromatic heterocycles. The van der Waals surface area contributed by atoms with Crippen molar-refractivity contribution >= 4 is 27.5 Å². The van der Waals surface area contributed by atoms with Crippen molar-refractivity contribution in [3.63, 3.8) is 0 Å². The zero-order valence-corrected chi connectivity index (χ0v) is 23.9. The Morgan fingerprint density at radius 3 is 2.67 bits per heavy atom. The Morgan fingerprint density at radius 1 is 1.05 bits per heavy atom. The fourth-order valence-electron chi connectivity index (χ4n) is 5.03. The molecule has 1 aliphatic heterocycles. The van der Waals surface area contributed by atoms with Gasteiger partial charge in [-0.15, -0.1) is 0 Å². The number of fused-ring (bicyclic) bond motifs is 1. The topological polar surface area (TPSA) is 70.8 Å². The molecule has 8 heteroatoms. The van der Waals surface area contributed by atoms with Gasteiger partial charge in [-0.2, -0.15) is 0 Å². The molecular formula is C31H33BrN4O3. The van der Waals surface area contributed by atoms with E-state index in [1.165, 1.54) is 5.56 Å². The number of hydrogen-bond donors (Lipinski definition) is 1. The predicted molar refractivity (Wildman–Crippen MR) is 157 cm³/mol. The average Bonchev–Trinajstić information content (AvgIpc) is 3.33. The molecule has 0 atom stereocenters. The summed E-state index contributed by atoms with van der Waals surface area (Å²) < 4.78 is 12.1. The molecule has 1 amide bonds. The summed E-state index contributed by atoms with van der Waals surface area (Å²) in [6, 6.07) is 24.2. The third-order valence-corrected chi connectivity index (χ3v) is 7.55. The van der Waals surface area contributed by atoms with E-state index >= 15 is 0 Å². The van der Waals surface area contributed by atoms with Gasteiger partial charge in [0.2, 0.25) is 0 Å². The zero-order chi connectivity index (χ0) is 27.2. The normalized spacial score (nSPS) is 14.7. The Labute approximate surface area is 237 Å². The van der Waals surface area contributed by atoms with Crippen LogP contribution >= 0.6 is 15.9 Å². The average molecular weight is 590 g/mol. The van der Waals surface area contributed by atoms with Gasteiger partial charge in [-0.3, -0.25) is 9.69 Å². The Morgan fingerprint density at radius 2 is 1.85 bits per heavy atom. The molecule has 0 fully saturated rings. The SMILES string of the molecule is COc1ccccc1-c1noc(C)c1C(=O)N1CCN(Cc2ccccc2)CCCNc2ccc(Br)cc2C1. The van der Waals surface area contributed by atoms with E-state index in [1.54, 1.807) is 14.0 Å². The highest BCUT2D eigenvalue weighted by Gasteiger charge is 2.28. The van der Waals surface area contributed by atoms with Gasteiger partial charge in [-0.05, 0) is 54.8 Å². The number of aromatic nitrogens is 1. The number of para-hydroxylation sites is 1. The van der Waals surface area contributed by atoms with Gasteiger partial charge >= 0.3 is 0 Å². The number of methoxy groups -OCH3 is 1. The Balaban J connectivity index is 1.50. The fraction of sp³-hybridized carbons (Fsp3) is 0.290. The van der Waals surface area contributed by atoms with E-state index in [-0.39, 0.29) is 5.91 Å². The first-order valence-corrected chi connectivity index (χ1v) is 14.0. The number of nitrogens with zero attached hydrogens (tertiary/aromatic N) is 3. The van der Waals surface area contributed by atoms with Gasteiger partial charge in [-0.1, -0.05) is 63.6 Å². The molecule has 39 heavy (non-hydrogen) atoms. The van der Waals surface area contributed by atoms with Gasteiger partial charge in [0.05, 0.1) is 7.11 Å². The molecule has 2 heterocycles. The van der Waals surface area contributed by atoms with Crippen molar-refractivity contribution < 1.29 is 14.1 Å². The molecular weight excluding hydrogens is 556 g/mol. The fourth-order valence-corrected chi connectivity index (χ4v) is 5.44. The van der Waals surface area contributed by atoms with Crippen molar-refractivity contribution in [2.75, 3.05) is 38.6 Å². The maximum absolute atomic E-state index is 14.3. The lowest BCUT2D eigenvalue weighted by Gasteiger charge is -2.28. The number of carbonyl (C=O) groups excluding carboxylic acids is 1. The van der Waals surface area contributed by atoms with Crippen LogP contribution in [0.15, 0.2) is 81.8 Å². The van der Waals surface area contributed by atoms with Crippen LogP contribution in [-0.4, -0.2) is 54.2 Å². The Kier molecular flexibility index (Phi) is 8.64. The number of nitrogens with one attached hydrogen (secondary N) is 1. The van der Waals surface area contributed by atoms with E-state index in [1.807, 2.05) is 41.3 Å². The first kappa shape index (κ1) is 27.0. The molecule has 1 aliphatic rings. The standard InChI is InChI=1S/C31H33BrN4O3/c1-22-29(30(34-39-22)26-11-6-7-12-28(26)38-2)31(37)36-18-17-35(20-23-9-4-3-5-10-23)16-8-15-33-27-14-13-25(32)19-24(27)21-36/h3-7,9-14,19,33H,8,15-18,20-21H2,1-2H3. The highest BCUT2D eigenvalue weighted by Crippen LogP contribution is 2.34. The molecule has 202 valence electrons. The molecule has 0 bridgehead atoms. The van der Waals surface area contributed by atoms with Crippen molar-refractivity contribution in [3.05, 3.63) is 99.7 Å². The molecule has 0 radical (unpaired) electrons. The Hall–Kier alpha value is -3.62. The lowest BCUT2D eigenvalue weighted by atomic mass is 10.0. The second kappa shape index (κ2) is 12.5. The minimum atomic E-state index is -0.112. The smallest absolute Gasteiger partial charge is 0.260 e. The summed E-state index contributed by atoms with van der Waals surface area (Å²) in [4.78, 5) is 18.7. The quantitative estimate of drug-likeness (QED) is 0.291. The molecule has 5 rings (SSSR count). The highest BCUT2D eigenvalue weighted by molar-refractivity contribution is 9.10. The second-order valence-corrected chi connectivity index (χ2v) is 10.6. The van der Waals surface area contributed by atoms with E-state index in [2.05, 4.69) is 67.7 Å². The lowest BCUT2D eigenvalue weighted by Crippen LogP contribution is -2.38. The zero-order valence-electron chi connectivity index (χ0n) is 22.3. The van der Waals surface area contributed by atoms with Crippen molar-refractivity contribution in [2.45, 2.75) is 26.4 Å². The van der Waals surface area contributed by atoms with Crippen molar-refractivity contribution in [1.29, 1.82) is 0 Å². The molecule has 3 aromatic carbocycles. The second-order valence-electron chi connectivity index (χ2n) is 9.73. The minimum Gasteiger partial charge on any atom is -0.496 e. The van der Waals surface area contributed by atoms with Crippen LogP contribution in [0, 0.1) is 6.92 Å². The summed E-state index contributed by atoms with van der Waals surface area (Å²) in [5.74, 6) is 1.02. The van der Waals surface area contributed by atoms with E-state index in [0.717, 1.165) is 53.9 Å². The number of carbonyl (C=O) groups is 1. The number of amides is 1. The van der Waals surface area contributed by atoms with Crippen LogP contribution in [0.1, 0.15) is 33.7 Å². The summed E-state index contributed by atoms with van der Waals surface area (Å²) in [5, 5.41) is 7.89. The van der Waals surface area contributed by atoms with Crippen LogP contribution in [0.2, 0.25) is 0 Å². The summed E-state index contributed by atoms with van der Waals surface area (Å²) >= 11 is 3.62. The number of rotatable bonds is 5. The number of hydrogen-bond acceptors (Lipinski definition) is 6. The van der Waals surface area contributed by atoms with Crippen LogP contribution in [0.5, 0.6) is 5.75 Å². The number of halogens is 1. The van der Waals surface area contributed by atoms with E-state index in [4.69, 9.17) is 9.26 Å². The van der Waals surface area contributed by atoms with Gasteiger partial charge in [0.1, 0.15) is 22.8 Å². The molecule has 0 aliphatic carbocycles. The van der Waals surface area contributed by atoms with Crippen LogP contribution in [0.4, 0.5) is 5.69 Å². The van der Waals surface area contributed by atoms with Gasteiger partial charge < -0.3 is 19.5 Å². The van der Waals surface area contributed by atoms with Gasteiger partial charge in [0.25, 0.3) is 5.91 Å². The maximum Gasteiger partial charge on any atom is 0.260 e. The molecule has 0 saturated heterocycles. The predicted octanol–water partition coefficient (Wildman–Crippen LogP) is 6.38. The number of anilines is 1. The molecule has 0 spiro atoms. The summed E-state index contributed by atoms with van der Waals surface area (Å²) in [6.07, 6.45) is 0.999. The van der Waals surface area contributed by atoms with Gasteiger partial charge in [0.15, 0.2) is 0 Å². The number of aryl methyl sites for hydroxylation is 1. The van der Waals surface area contributed by atoms with E-state index in [0.29, 0.717) is 35.9 Å². The highest BCUT2D eigenvalue weighted by atomic mass is 79.9. The van der Waals surface area contributed by atoms with Gasteiger partial charge in [0, 0.05) is 55.0 Å². The first-order chi connectivity index (χ1) is 19.0. The third kappa shape index (κ3) is 6.34. The molecule has 0 saturated carbocycles. The molecule has 7 nitrogen and oxygen atoms in total. The largest absolute Gasteiger partial charge is 0.496 e. The first-order valence-electron chi connectivity index (χ1n) is 13.2. The molecule has 0 unspecified atom stereocenters. The number of benzene rings is 3. The van der Waals surface area contributed by atoms with E-state index in [9.17, 15) is 4.79 Å². The summed E-state index contributed by atoms with van der Waals surface area (Å²) in [7, 11) is 1.62. The maximum atomic E-state index is 14.3. The lowest BCUT2D eigenvalue weighted by molar-refractivity contribution is 0.0719. The molecule has 1 N–H and O–H groups in total. The number of ether oxygens (including phenoxy) is 1. The van der Waals surface area contributed by atoms with Crippen molar-refractivity contribution in [1.82, 2.24) is 15.0 Å². The van der Waals surface area contributed by atoms with E-state index < -0.39 is 0 Å².